The summed E-state index contributed by atoms with van der Waals surface area (Å²) in [4.78, 5) is 24.5. The normalized spacial score (nSPS) is 12.6. The molecule has 0 saturated heterocycles. The Balaban J connectivity index is 3.42. The van der Waals surface area contributed by atoms with Crippen molar-refractivity contribution in [2.24, 2.45) is 0 Å². The van der Waals surface area contributed by atoms with E-state index in [4.69, 9.17) is 4.74 Å². The van der Waals surface area contributed by atoms with Crippen LogP contribution in [0, 0.1) is 0 Å². The predicted octanol–water partition coefficient (Wildman–Crippen LogP) is 18.9. The summed E-state index contributed by atoms with van der Waals surface area (Å²) in [6.45, 7) is 4.92. The van der Waals surface area contributed by atoms with Crippen LogP contribution >= 0.6 is 0 Å². The van der Waals surface area contributed by atoms with Gasteiger partial charge in [0.2, 0.25) is 5.91 Å². The highest BCUT2D eigenvalue weighted by atomic mass is 16.5. The lowest BCUT2D eigenvalue weighted by Crippen LogP contribution is -2.45. The van der Waals surface area contributed by atoms with Gasteiger partial charge >= 0.3 is 5.97 Å². The van der Waals surface area contributed by atoms with Gasteiger partial charge in [-0.2, -0.15) is 0 Å². The van der Waals surface area contributed by atoms with Crippen LogP contribution in [-0.2, 0) is 14.3 Å². The molecule has 0 heterocycles. The lowest BCUT2D eigenvalue weighted by Gasteiger charge is -2.20. The van der Waals surface area contributed by atoms with Crippen molar-refractivity contribution in [1.29, 1.82) is 0 Å². The van der Waals surface area contributed by atoms with E-state index < -0.39 is 12.1 Å². The molecule has 0 aromatic carbocycles. The zero-order chi connectivity index (χ0) is 48.6. The van der Waals surface area contributed by atoms with E-state index in [1.807, 2.05) is 6.08 Å². The number of ether oxygens (including phenoxy) is 1. The summed E-state index contributed by atoms with van der Waals surface area (Å²) in [6.07, 6.45) is 68.1. The number of rotatable bonds is 57. The number of hydrogen-bond donors (Lipinski definition) is 3. The third-order valence-electron chi connectivity index (χ3n) is 14.3. The van der Waals surface area contributed by atoms with Crippen molar-refractivity contribution in [3.63, 3.8) is 0 Å². The van der Waals surface area contributed by atoms with Crippen LogP contribution in [0.4, 0.5) is 0 Å². The van der Waals surface area contributed by atoms with Crippen molar-refractivity contribution in [1.82, 2.24) is 5.32 Å². The molecular formula is C61H119NO5. The van der Waals surface area contributed by atoms with Crippen molar-refractivity contribution >= 4 is 11.9 Å². The van der Waals surface area contributed by atoms with Gasteiger partial charge in [-0.3, -0.25) is 9.59 Å². The number of allylic oxidation sites excluding steroid dienone is 1. The van der Waals surface area contributed by atoms with Gasteiger partial charge in [0.25, 0.3) is 0 Å². The number of carbonyl (C=O) groups excluding carboxylic acids is 2. The molecule has 0 aliphatic rings. The summed E-state index contributed by atoms with van der Waals surface area (Å²) in [5.41, 5.74) is 0. The molecule has 0 aromatic heterocycles. The van der Waals surface area contributed by atoms with Gasteiger partial charge < -0.3 is 20.3 Å². The molecule has 0 aromatic rings. The molecule has 0 bridgehead atoms. The fourth-order valence-electron chi connectivity index (χ4n) is 9.64. The topological polar surface area (TPSA) is 95.9 Å². The third kappa shape index (κ3) is 53.8. The lowest BCUT2D eigenvalue weighted by molar-refractivity contribution is -0.143. The standard InChI is InChI=1S/C61H119NO5/c1-3-5-7-9-11-13-15-17-18-19-23-26-30-33-37-41-45-49-53-59(64)58(57-63)62-60(65)54-50-46-42-38-34-31-27-24-21-20-22-25-28-32-36-40-44-48-52-56-67-61(66)55-51-47-43-39-35-29-16-14-12-10-8-6-4-2/h49,53,58-59,63-64H,3-48,50-52,54-57H2,1-2H3,(H,62,65)/b53-49+. The van der Waals surface area contributed by atoms with Gasteiger partial charge in [0.05, 0.1) is 25.4 Å². The Morgan fingerprint density at radius 1 is 0.403 bits per heavy atom. The Bertz CT molecular complexity index is 1000. The highest BCUT2D eigenvalue weighted by Gasteiger charge is 2.18. The van der Waals surface area contributed by atoms with Gasteiger partial charge in [0.1, 0.15) is 0 Å². The summed E-state index contributed by atoms with van der Waals surface area (Å²) < 4.78 is 5.48. The fraction of sp³-hybridized carbons (Fsp3) is 0.934. The number of aliphatic hydroxyl groups excluding tert-OH is 2. The molecule has 0 saturated carbocycles. The number of esters is 1. The quantitative estimate of drug-likeness (QED) is 0.0321. The fourth-order valence-corrected chi connectivity index (χ4v) is 9.64. The Kier molecular flexibility index (Phi) is 56.0. The highest BCUT2D eigenvalue weighted by molar-refractivity contribution is 5.76. The van der Waals surface area contributed by atoms with Gasteiger partial charge in [-0.25, -0.2) is 0 Å². The molecule has 398 valence electrons. The number of hydrogen-bond acceptors (Lipinski definition) is 5. The largest absolute Gasteiger partial charge is 0.466 e. The number of amides is 1. The van der Waals surface area contributed by atoms with E-state index in [9.17, 15) is 19.8 Å². The van der Waals surface area contributed by atoms with Crippen LogP contribution in [-0.4, -0.2) is 47.4 Å². The SMILES string of the molecule is CCCCCCCCCCCCCCCCCC/C=C/C(O)C(CO)NC(=O)CCCCCCCCCCCCCCCCCCCCCOC(=O)CCCCCCCCCCCCCCC. The van der Waals surface area contributed by atoms with Crippen LogP contribution in [0.5, 0.6) is 0 Å². The molecule has 2 unspecified atom stereocenters. The van der Waals surface area contributed by atoms with Gasteiger partial charge in [0, 0.05) is 12.8 Å². The van der Waals surface area contributed by atoms with Gasteiger partial charge in [0.15, 0.2) is 0 Å². The average molecular weight is 947 g/mol. The number of aliphatic hydroxyl groups is 2. The first-order valence-electron chi connectivity index (χ1n) is 30.5. The number of unbranched alkanes of at least 4 members (excludes halogenated alkanes) is 46. The summed E-state index contributed by atoms with van der Waals surface area (Å²) in [5, 5.41) is 23.2. The highest BCUT2D eigenvalue weighted by Crippen LogP contribution is 2.18. The second-order valence-electron chi connectivity index (χ2n) is 21.0. The van der Waals surface area contributed by atoms with E-state index in [-0.39, 0.29) is 18.5 Å². The zero-order valence-electron chi connectivity index (χ0n) is 45.4. The molecular weight excluding hydrogens is 827 g/mol. The molecule has 67 heavy (non-hydrogen) atoms. The first-order valence-corrected chi connectivity index (χ1v) is 30.5. The molecule has 6 heteroatoms. The third-order valence-corrected chi connectivity index (χ3v) is 14.3. The maximum Gasteiger partial charge on any atom is 0.305 e. The molecule has 0 fully saturated rings. The summed E-state index contributed by atoms with van der Waals surface area (Å²) in [5.74, 6) is -0.0572. The maximum absolute atomic E-state index is 12.5. The number of carbonyl (C=O) groups is 2. The van der Waals surface area contributed by atoms with Gasteiger partial charge in [-0.1, -0.05) is 309 Å². The molecule has 2 atom stereocenters. The van der Waals surface area contributed by atoms with Crippen molar-refractivity contribution in [2.45, 2.75) is 353 Å². The van der Waals surface area contributed by atoms with E-state index in [1.165, 1.54) is 276 Å². The zero-order valence-corrected chi connectivity index (χ0v) is 45.4. The van der Waals surface area contributed by atoms with E-state index in [2.05, 4.69) is 19.2 Å². The minimum absolute atomic E-state index is 0.0105. The smallest absolute Gasteiger partial charge is 0.305 e. The molecule has 0 spiro atoms. The van der Waals surface area contributed by atoms with Crippen molar-refractivity contribution in [2.75, 3.05) is 13.2 Å². The van der Waals surface area contributed by atoms with Gasteiger partial charge in [-0.15, -0.1) is 0 Å². The first-order chi connectivity index (χ1) is 33.0. The van der Waals surface area contributed by atoms with Crippen LogP contribution in [0.1, 0.15) is 341 Å². The van der Waals surface area contributed by atoms with E-state index >= 15 is 0 Å². The summed E-state index contributed by atoms with van der Waals surface area (Å²) >= 11 is 0. The first kappa shape index (κ1) is 65.6. The minimum Gasteiger partial charge on any atom is -0.466 e. The molecule has 1 amide bonds. The maximum atomic E-state index is 12.5. The Morgan fingerprint density at radius 3 is 1.01 bits per heavy atom. The molecule has 3 N–H and O–H groups in total. The second kappa shape index (κ2) is 57.2. The number of nitrogens with one attached hydrogen (secondary N) is 1. The van der Waals surface area contributed by atoms with Crippen LogP contribution in [0.2, 0.25) is 0 Å². The van der Waals surface area contributed by atoms with Gasteiger partial charge in [-0.05, 0) is 32.1 Å². The lowest BCUT2D eigenvalue weighted by atomic mass is 10.0. The van der Waals surface area contributed by atoms with Crippen LogP contribution < -0.4 is 5.32 Å². The molecule has 0 aliphatic carbocycles. The average Bonchev–Trinajstić information content (AvgIpc) is 3.33. The summed E-state index contributed by atoms with van der Waals surface area (Å²) in [6, 6.07) is -0.629. The Hall–Kier alpha value is -1.40. The molecule has 0 rings (SSSR count). The Labute approximate surface area is 419 Å². The van der Waals surface area contributed by atoms with E-state index in [0.29, 0.717) is 19.4 Å². The summed E-state index contributed by atoms with van der Waals surface area (Å²) in [7, 11) is 0. The van der Waals surface area contributed by atoms with Crippen molar-refractivity contribution < 1.29 is 24.5 Å². The van der Waals surface area contributed by atoms with Crippen LogP contribution in [0.25, 0.3) is 0 Å². The monoisotopic (exact) mass is 946 g/mol. The van der Waals surface area contributed by atoms with E-state index in [0.717, 1.165) is 38.5 Å². The van der Waals surface area contributed by atoms with Crippen molar-refractivity contribution in [3.05, 3.63) is 12.2 Å². The van der Waals surface area contributed by atoms with Crippen LogP contribution in [0.15, 0.2) is 12.2 Å². The molecule has 6 nitrogen and oxygen atoms in total. The second-order valence-corrected chi connectivity index (χ2v) is 21.0. The Morgan fingerprint density at radius 2 is 0.687 bits per heavy atom. The van der Waals surface area contributed by atoms with Crippen LogP contribution in [0.3, 0.4) is 0 Å². The predicted molar refractivity (Wildman–Crippen MR) is 292 cm³/mol. The van der Waals surface area contributed by atoms with Crippen molar-refractivity contribution in [3.8, 4) is 0 Å². The minimum atomic E-state index is -0.846. The van der Waals surface area contributed by atoms with E-state index in [1.54, 1.807) is 6.08 Å². The molecule has 0 radical (unpaired) electrons. The molecule has 0 aliphatic heterocycles.